The van der Waals surface area contributed by atoms with Crippen LogP contribution in [-0.2, 0) is 4.79 Å². The zero-order valence-corrected chi connectivity index (χ0v) is 18.6. The SMILES string of the molecule is C[C@@H](O)[C@H](NC(=O)c1cccc(O)c1O)C(=O)NCCCCCNC(=O)c1cccc(O)c1O. The first kappa shape index (κ1) is 26.3. The molecule has 0 saturated carbocycles. The van der Waals surface area contributed by atoms with E-state index in [-0.39, 0.29) is 23.4 Å². The second-order valence-electron chi connectivity index (χ2n) is 7.65. The standard InChI is InChI=1S/C23H29N3O8/c1-13(27)18(26-22(33)15-8-6-10-17(29)20(15)31)23(34)25-12-4-2-3-11-24-21(32)14-7-5-9-16(28)19(14)30/h5-10,13,18,27-31H,2-4,11-12H2,1H3,(H,24,32)(H,25,34)(H,26,33)/t13-,18+/m1/s1. The van der Waals surface area contributed by atoms with Crippen molar-refractivity contribution in [2.24, 2.45) is 0 Å². The molecule has 0 heterocycles. The molecular formula is C23H29N3O8. The van der Waals surface area contributed by atoms with Crippen LogP contribution in [0.25, 0.3) is 0 Å². The van der Waals surface area contributed by atoms with E-state index in [0.29, 0.717) is 25.8 Å². The highest BCUT2D eigenvalue weighted by molar-refractivity contribution is 6.00. The second kappa shape index (κ2) is 12.3. The predicted molar refractivity (Wildman–Crippen MR) is 122 cm³/mol. The van der Waals surface area contributed by atoms with Crippen molar-refractivity contribution >= 4 is 17.7 Å². The van der Waals surface area contributed by atoms with Crippen molar-refractivity contribution in [2.45, 2.75) is 38.3 Å². The molecule has 0 aliphatic carbocycles. The van der Waals surface area contributed by atoms with E-state index in [0.717, 1.165) is 0 Å². The summed E-state index contributed by atoms with van der Waals surface area (Å²) in [6.07, 6.45) is 0.587. The number of aliphatic hydroxyl groups is 1. The van der Waals surface area contributed by atoms with Gasteiger partial charge in [-0.05, 0) is 50.5 Å². The smallest absolute Gasteiger partial charge is 0.255 e. The molecule has 0 aromatic heterocycles. The van der Waals surface area contributed by atoms with Gasteiger partial charge < -0.3 is 41.5 Å². The van der Waals surface area contributed by atoms with E-state index in [1.807, 2.05) is 0 Å². The number of para-hydroxylation sites is 2. The van der Waals surface area contributed by atoms with Gasteiger partial charge in [-0.3, -0.25) is 14.4 Å². The third-order valence-electron chi connectivity index (χ3n) is 5.01. The Bertz CT molecular complexity index is 1030. The van der Waals surface area contributed by atoms with Crippen LogP contribution in [0.3, 0.4) is 0 Å². The molecule has 2 atom stereocenters. The van der Waals surface area contributed by atoms with Gasteiger partial charge in [0.15, 0.2) is 23.0 Å². The Morgan fingerprint density at radius 3 is 1.79 bits per heavy atom. The molecule has 34 heavy (non-hydrogen) atoms. The highest BCUT2D eigenvalue weighted by Gasteiger charge is 2.27. The Balaban J connectivity index is 1.73. The molecule has 2 aromatic carbocycles. The van der Waals surface area contributed by atoms with Crippen LogP contribution in [0.5, 0.6) is 23.0 Å². The summed E-state index contributed by atoms with van der Waals surface area (Å²) < 4.78 is 0. The molecule has 11 nitrogen and oxygen atoms in total. The van der Waals surface area contributed by atoms with Crippen LogP contribution in [0.15, 0.2) is 36.4 Å². The lowest BCUT2D eigenvalue weighted by Crippen LogP contribution is -2.52. The summed E-state index contributed by atoms with van der Waals surface area (Å²) in [7, 11) is 0. The topological polar surface area (TPSA) is 188 Å². The Hall–Kier alpha value is -3.99. The Labute approximate surface area is 196 Å². The quantitative estimate of drug-likeness (QED) is 0.172. The average Bonchev–Trinajstić information content (AvgIpc) is 2.79. The third-order valence-corrected chi connectivity index (χ3v) is 5.01. The molecule has 0 spiro atoms. The molecule has 0 saturated heterocycles. The molecule has 2 aromatic rings. The van der Waals surface area contributed by atoms with Crippen molar-refractivity contribution in [3.63, 3.8) is 0 Å². The summed E-state index contributed by atoms with van der Waals surface area (Å²) in [5, 5.41) is 55.9. The van der Waals surface area contributed by atoms with Crippen LogP contribution in [0.1, 0.15) is 46.9 Å². The number of carbonyl (C=O) groups is 3. The van der Waals surface area contributed by atoms with E-state index in [9.17, 15) is 39.9 Å². The summed E-state index contributed by atoms with van der Waals surface area (Å²) >= 11 is 0. The fraction of sp³-hybridized carbons (Fsp3) is 0.348. The van der Waals surface area contributed by atoms with E-state index in [1.165, 1.54) is 43.3 Å². The van der Waals surface area contributed by atoms with E-state index in [1.54, 1.807) is 0 Å². The van der Waals surface area contributed by atoms with E-state index in [4.69, 9.17) is 0 Å². The summed E-state index contributed by atoms with van der Waals surface area (Å²) in [6, 6.07) is 6.65. The Morgan fingerprint density at radius 1 is 0.765 bits per heavy atom. The van der Waals surface area contributed by atoms with E-state index >= 15 is 0 Å². The molecule has 3 amide bonds. The largest absolute Gasteiger partial charge is 0.504 e. The number of rotatable bonds is 11. The van der Waals surface area contributed by atoms with Crippen LogP contribution in [0.4, 0.5) is 0 Å². The number of aromatic hydroxyl groups is 4. The lowest BCUT2D eigenvalue weighted by Gasteiger charge is -2.21. The van der Waals surface area contributed by atoms with Crippen molar-refractivity contribution in [3.05, 3.63) is 47.5 Å². The van der Waals surface area contributed by atoms with Gasteiger partial charge in [0.1, 0.15) is 6.04 Å². The second-order valence-corrected chi connectivity index (χ2v) is 7.65. The van der Waals surface area contributed by atoms with Crippen LogP contribution in [-0.4, -0.2) is 68.5 Å². The average molecular weight is 475 g/mol. The van der Waals surface area contributed by atoms with Crippen LogP contribution in [0.2, 0.25) is 0 Å². The number of aliphatic hydroxyl groups excluding tert-OH is 1. The summed E-state index contributed by atoms with van der Waals surface area (Å²) in [6.45, 7) is 1.91. The number of nitrogens with one attached hydrogen (secondary N) is 3. The molecule has 2 rings (SSSR count). The van der Waals surface area contributed by atoms with Gasteiger partial charge in [0.05, 0.1) is 17.2 Å². The number of phenols is 4. The number of benzene rings is 2. The van der Waals surface area contributed by atoms with Crippen molar-refractivity contribution in [3.8, 4) is 23.0 Å². The van der Waals surface area contributed by atoms with Gasteiger partial charge in [0, 0.05) is 13.1 Å². The first-order valence-corrected chi connectivity index (χ1v) is 10.7. The van der Waals surface area contributed by atoms with Crippen molar-refractivity contribution in [2.75, 3.05) is 13.1 Å². The van der Waals surface area contributed by atoms with Gasteiger partial charge in [-0.2, -0.15) is 0 Å². The van der Waals surface area contributed by atoms with E-state index in [2.05, 4.69) is 16.0 Å². The van der Waals surface area contributed by atoms with Gasteiger partial charge in [0.2, 0.25) is 5.91 Å². The number of unbranched alkanes of at least 4 members (excludes halogenated alkanes) is 2. The zero-order chi connectivity index (χ0) is 25.3. The maximum atomic E-state index is 12.4. The van der Waals surface area contributed by atoms with Gasteiger partial charge in [-0.15, -0.1) is 0 Å². The number of hydrogen-bond acceptors (Lipinski definition) is 8. The van der Waals surface area contributed by atoms with Gasteiger partial charge in [0.25, 0.3) is 11.8 Å². The lowest BCUT2D eigenvalue weighted by molar-refractivity contribution is -0.125. The molecule has 0 aliphatic heterocycles. The first-order chi connectivity index (χ1) is 16.1. The molecule has 0 unspecified atom stereocenters. The van der Waals surface area contributed by atoms with Gasteiger partial charge in [-0.1, -0.05) is 12.1 Å². The van der Waals surface area contributed by atoms with Crippen LogP contribution >= 0.6 is 0 Å². The fourth-order valence-electron chi connectivity index (χ4n) is 3.10. The molecule has 0 aliphatic rings. The highest BCUT2D eigenvalue weighted by atomic mass is 16.3. The van der Waals surface area contributed by atoms with Crippen LogP contribution in [0, 0.1) is 0 Å². The summed E-state index contributed by atoms with van der Waals surface area (Å²) in [5.41, 5.74) is -0.267. The molecule has 184 valence electrons. The van der Waals surface area contributed by atoms with Crippen molar-refractivity contribution in [1.29, 1.82) is 0 Å². The fourth-order valence-corrected chi connectivity index (χ4v) is 3.10. The predicted octanol–water partition coefficient (Wildman–Crippen LogP) is 0.705. The van der Waals surface area contributed by atoms with Crippen molar-refractivity contribution < 1.29 is 39.9 Å². The maximum Gasteiger partial charge on any atom is 0.255 e. The zero-order valence-electron chi connectivity index (χ0n) is 18.6. The molecule has 11 heteroatoms. The minimum atomic E-state index is -1.27. The molecule has 0 radical (unpaired) electrons. The van der Waals surface area contributed by atoms with Crippen molar-refractivity contribution in [1.82, 2.24) is 16.0 Å². The van der Waals surface area contributed by atoms with Gasteiger partial charge in [-0.25, -0.2) is 0 Å². The molecule has 0 bridgehead atoms. The van der Waals surface area contributed by atoms with Crippen LogP contribution < -0.4 is 16.0 Å². The minimum absolute atomic E-state index is 0.0301. The normalized spacial score (nSPS) is 12.4. The summed E-state index contributed by atoms with van der Waals surface area (Å²) in [5.74, 6) is -3.94. The molecular weight excluding hydrogens is 446 g/mol. The van der Waals surface area contributed by atoms with E-state index < -0.39 is 47.1 Å². The number of amides is 3. The maximum absolute atomic E-state index is 12.4. The minimum Gasteiger partial charge on any atom is -0.504 e. The summed E-state index contributed by atoms with van der Waals surface area (Å²) in [4.78, 5) is 36.8. The Kier molecular flexibility index (Phi) is 9.50. The number of hydrogen-bond donors (Lipinski definition) is 8. The number of phenolic OH excluding ortho intramolecular Hbond substituents is 4. The monoisotopic (exact) mass is 475 g/mol. The number of carbonyl (C=O) groups excluding carboxylic acids is 3. The van der Waals surface area contributed by atoms with Gasteiger partial charge >= 0.3 is 0 Å². The highest BCUT2D eigenvalue weighted by Crippen LogP contribution is 2.28. The first-order valence-electron chi connectivity index (χ1n) is 10.7. The molecule has 0 fully saturated rings. The Morgan fingerprint density at radius 2 is 1.26 bits per heavy atom. The lowest BCUT2D eigenvalue weighted by atomic mass is 10.1. The third kappa shape index (κ3) is 7.01. The molecule has 8 N–H and O–H groups in total.